The molecule has 1 aromatic heterocycles. The molecule has 0 saturated heterocycles. The number of H-pyrrole nitrogens is 1. The third-order valence-corrected chi connectivity index (χ3v) is 4.81. The van der Waals surface area contributed by atoms with E-state index in [4.69, 9.17) is 9.47 Å². The molecule has 0 radical (unpaired) electrons. The van der Waals surface area contributed by atoms with Crippen molar-refractivity contribution in [2.45, 2.75) is 40.2 Å². The second kappa shape index (κ2) is 9.93. The van der Waals surface area contributed by atoms with Crippen molar-refractivity contribution < 1.29 is 9.47 Å². The van der Waals surface area contributed by atoms with Gasteiger partial charge < -0.3 is 9.47 Å². The van der Waals surface area contributed by atoms with Crippen molar-refractivity contribution in [3.05, 3.63) is 80.8 Å². The summed E-state index contributed by atoms with van der Waals surface area (Å²) in [4.78, 5) is 18.7. The summed E-state index contributed by atoms with van der Waals surface area (Å²) in [6, 6.07) is 13.4. The highest BCUT2D eigenvalue weighted by atomic mass is 16.5. The number of aromatic amines is 1. The molecule has 3 aromatic rings. The van der Waals surface area contributed by atoms with Crippen molar-refractivity contribution in [2.75, 3.05) is 12.5 Å². The Hall–Kier alpha value is -3.61. The molecule has 0 amide bonds. The number of aromatic nitrogens is 2. The molecule has 0 atom stereocenters. The molecule has 0 bridgehead atoms. The van der Waals surface area contributed by atoms with Crippen molar-refractivity contribution in [3.63, 3.8) is 0 Å². The summed E-state index contributed by atoms with van der Waals surface area (Å²) >= 11 is 0. The zero-order valence-corrected chi connectivity index (χ0v) is 18.5. The summed E-state index contributed by atoms with van der Waals surface area (Å²) in [5, 5.41) is 4.17. The lowest BCUT2D eigenvalue weighted by Crippen LogP contribution is -2.12. The van der Waals surface area contributed by atoms with Crippen LogP contribution in [0.2, 0.25) is 0 Å². The number of ether oxygens (including phenoxy) is 2. The van der Waals surface area contributed by atoms with Crippen LogP contribution in [0.5, 0.6) is 11.5 Å². The number of benzene rings is 2. The molecule has 7 heteroatoms. The molecule has 1 heterocycles. The number of aryl methyl sites for hydroxylation is 2. The van der Waals surface area contributed by atoms with Gasteiger partial charge in [-0.1, -0.05) is 37.6 Å². The average molecular weight is 421 g/mol. The summed E-state index contributed by atoms with van der Waals surface area (Å²) < 4.78 is 11.5. The van der Waals surface area contributed by atoms with Crippen LogP contribution in [-0.4, -0.2) is 23.3 Å². The Balaban J connectivity index is 1.69. The van der Waals surface area contributed by atoms with E-state index in [9.17, 15) is 4.79 Å². The van der Waals surface area contributed by atoms with Crippen LogP contribution in [0, 0.1) is 13.8 Å². The Morgan fingerprint density at radius 1 is 1.13 bits per heavy atom. The molecule has 7 nitrogen and oxygen atoms in total. The van der Waals surface area contributed by atoms with Crippen LogP contribution in [0.3, 0.4) is 0 Å². The Morgan fingerprint density at radius 2 is 1.94 bits per heavy atom. The maximum Gasteiger partial charge on any atom is 0.252 e. The molecule has 0 spiro atoms. The monoisotopic (exact) mass is 420 g/mol. The van der Waals surface area contributed by atoms with E-state index in [0.29, 0.717) is 29.7 Å². The van der Waals surface area contributed by atoms with Gasteiger partial charge in [0.15, 0.2) is 11.5 Å². The van der Waals surface area contributed by atoms with Crippen LogP contribution < -0.4 is 20.5 Å². The summed E-state index contributed by atoms with van der Waals surface area (Å²) in [6.45, 7) is 8.55. The van der Waals surface area contributed by atoms with Gasteiger partial charge in [0.25, 0.3) is 5.56 Å². The zero-order chi connectivity index (χ0) is 22.4. The lowest BCUT2D eigenvalue weighted by Gasteiger charge is -2.13. The molecule has 2 N–H and O–H groups in total. The van der Waals surface area contributed by atoms with E-state index < -0.39 is 0 Å². The predicted molar refractivity (Wildman–Crippen MR) is 123 cm³/mol. The van der Waals surface area contributed by atoms with Crippen LogP contribution in [-0.2, 0) is 6.61 Å². The third kappa shape index (κ3) is 5.94. The zero-order valence-electron chi connectivity index (χ0n) is 18.5. The van der Waals surface area contributed by atoms with Crippen molar-refractivity contribution in [1.29, 1.82) is 0 Å². The first kappa shape index (κ1) is 22.1. The van der Waals surface area contributed by atoms with Gasteiger partial charge in [0, 0.05) is 6.07 Å². The van der Waals surface area contributed by atoms with Crippen molar-refractivity contribution in [2.24, 2.45) is 5.10 Å². The predicted octanol–water partition coefficient (Wildman–Crippen LogP) is 4.54. The molecule has 0 saturated carbocycles. The van der Waals surface area contributed by atoms with E-state index >= 15 is 0 Å². The van der Waals surface area contributed by atoms with E-state index in [1.54, 1.807) is 13.3 Å². The highest BCUT2D eigenvalue weighted by molar-refractivity contribution is 5.81. The van der Waals surface area contributed by atoms with Gasteiger partial charge in [0.1, 0.15) is 6.61 Å². The maximum absolute atomic E-state index is 11.8. The first-order valence-electron chi connectivity index (χ1n) is 10.1. The van der Waals surface area contributed by atoms with Crippen LogP contribution in [0.15, 0.2) is 52.4 Å². The number of hydrazone groups is 1. The summed E-state index contributed by atoms with van der Waals surface area (Å²) in [7, 11) is 1.60. The van der Waals surface area contributed by atoms with E-state index in [-0.39, 0.29) is 11.5 Å². The first-order chi connectivity index (χ1) is 14.9. The molecular formula is C24H28N4O3. The number of hydrogen-bond acceptors (Lipinski definition) is 6. The fourth-order valence-corrected chi connectivity index (χ4v) is 2.99. The van der Waals surface area contributed by atoms with Gasteiger partial charge >= 0.3 is 0 Å². The lowest BCUT2D eigenvalue weighted by molar-refractivity contribution is 0.284. The average Bonchev–Trinajstić information content (AvgIpc) is 2.74. The van der Waals surface area contributed by atoms with Gasteiger partial charge in [0.2, 0.25) is 5.95 Å². The molecule has 2 aromatic carbocycles. The fraction of sp³-hybridized carbons (Fsp3) is 0.292. The van der Waals surface area contributed by atoms with Gasteiger partial charge in [0.05, 0.1) is 19.0 Å². The molecule has 162 valence electrons. The van der Waals surface area contributed by atoms with Crippen LogP contribution in [0.4, 0.5) is 5.95 Å². The molecule has 0 aliphatic carbocycles. The van der Waals surface area contributed by atoms with Gasteiger partial charge in [-0.05, 0) is 54.7 Å². The number of rotatable bonds is 8. The van der Waals surface area contributed by atoms with E-state index in [0.717, 1.165) is 11.1 Å². The molecule has 0 aliphatic heterocycles. The minimum Gasteiger partial charge on any atom is -0.493 e. The van der Waals surface area contributed by atoms with E-state index in [1.165, 1.54) is 17.2 Å². The number of nitrogens with zero attached hydrogens (tertiary/aromatic N) is 2. The van der Waals surface area contributed by atoms with Gasteiger partial charge in [-0.25, -0.2) is 10.4 Å². The van der Waals surface area contributed by atoms with Gasteiger partial charge in [-0.2, -0.15) is 5.10 Å². The third-order valence-electron chi connectivity index (χ3n) is 4.81. The second-order valence-corrected chi connectivity index (χ2v) is 7.67. The Morgan fingerprint density at radius 3 is 2.68 bits per heavy atom. The number of anilines is 1. The highest BCUT2D eigenvalue weighted by Crippen LogP contribution is 2.29. The maximum atomic E-state index is 11.8. The van der Waals surface area contributed by atoms with Crippen molar-refractivity contribution in [1.82, 2.24) is 9.97 Å². The lowest BCUT2D eigenvalue weighted by atomic mass is 10.1. The normalized spacial score (nSPS) is 11.2. The molecular weight excluding hydrogens is 392 g/mol. The number of methoxy groups -OCH3 is 1. The quantitative estimate of drug-likeness (QED) is 0.412. The van der Waals surface area contributed by atoms with Gasteiger partial charge in [-0.15, -0.1) is 0 Å². The summed E-state index contributed by atoms with van der Waals surface area (Å²) in [5.74, 6) is 1.71. The summed E-state index contributed by atoms with van der Waals surface area (Å²) in [6.07, 6.45) is 1.62. The second-order valence-electron chi connectivity index (χ2n) is 7.67. The van der Waals surface area contributed by atoms with Crippen molar-refractivity contribution >= 4 is 12.2 Å². The van der Waals surface area contributed by atoms with Gasteiger partial charge in [-0.3, -0.25) is 9.78 Å². The highest BCUT2D eigenvalue weighted by Gasteiger charge is 2.08. The van der Waals surface area contributed by atoms with Crippen LogP contribution in [0.25, 0.3) is 0 Å². The SMILES string of the molecule is COc1cc(/C=N\Nc2nc(C(C)C)cc(=O)[nH]2)ccc1OCc1cc(C)ccc1C. The molecule has 31 heavy (non-hydrogen) atoms. The minimum absolute atomic E-state index is 0.146. The van der Waals surface area contributed by atoms with E-state index in [1.807, 2.05) is 32.0 Å². The topological polar surface area (TPSA) is 88.6 Å². The van der Waals surface area contributed by atoms with Crippen molar-refractivity contribution in [3.8, 4) is 11.5 Å². The molecule has 3 rings (SSSR count). The smallest absolute Gasteiger partial charge is 0.252 e. The largest absolute Gasteiger partial charge is 0.493 e. The first-order valence-corrected chi connectivity index (χ1v) is 10.1. The number of hydrogen-bond donors (Lipinski definition) is 2. The van der Waals surface area contributed by atoms with Crippen LogP contribution in [0.1, 0.15) is 47.7 Å². The fourth-order valence-electron chi connectivity index (χ4n) is 2.99. The summed E-state index contributed by atoms with van der Waals surface area (Å²) in [5.41, 5.74) is 7.59. The van der Waals surface area contributed by atoms with Crippen LogP contribution >= 0.6 is 0 Å². The Labute approximate surface area is 182 Å². The Kier molecular flexibility index (Phi) is 7.07. The number of nitrogens with one attached hydrogen (secondary N) is 2. The Bertz CT molecular complexity index is 1140. The standard InChI is InChI=1S/C24H28N4O3/c1-15(2)20-12-23(29)27-24(26-20)28-25-13-18-8-9-21(22(11-18)30-5)31-14-19-10-16(3)6-7-17(19)4/h6-13,15H,14H2,1-5H3,(H2,26,27,28,29)/b25-13-. The van der Waals surface area contributed by atoms with E-state index in [2.05, 4.69) is 52.5 Å². The minimum atomic E-state index is -0.219. The molecule has 0 fully saturated rings. The molecule has 0 unspecified atom stereocenters. The molecule has 0 aliphatic rings.